The molecule has 0 aliphatic carbocycles. The molecule has 154 valence electrons. The van der Waals surface area contributed by atoms with Gasteiger partial charge in [-0.1, -0.05) is 29.3 Å². The maximum Gasteiger partial charge on any atom is 0.253 e. The highest BCUT2D eigenvalue weighted by Gasteiger charge is 2.18. The molecular formula is C21H24ClN3O3S. The van der Waals surface area contributed by atoms with E-state index in [1.165, 1.54) is 16.7 Å². The molecule has 8 heteroatoms. The lowest BCUT2D eigenvalue weighted by molar-refractivity contribution is -0.115. The second kappa shape index (κ2) is 10.3. The summed E-state index contributed by atoms with van der Waals surface area (Å²) >= 11 is 7.36. The fourth-order valence-electron chi connectivity index (χ4n) is 2.36. The fourth-order valence-corrected chi connectivity index (χ4v) is 3.21. The highest BCUT2D eigenvalue weighted by atomic mass is 35.5. The van der Waals surface area contributed by atoms with Gasteiger partial charge in [0.15, 0.2) is 0 Å². The van der Waals surface area contributed by atoms with E-state index in [0.29, 0.717) is 22.0 Å². The molecule has 0 saturated heterocycles. The molecule has 6 nitrogen and oxygen atoms in total. The van der Waals surface area contributed by atoms with Gasteiger partial charge in [-0.15, -0.1) is 11.8 Å². The van der Waals surface area contributed by atoms with E-state index in [0.717, 1.165) is 5.56 Å². The number of halogens is 1. The van der Waals surface area contributed by atoms with Crippen LogP contribution in [0.5, 0.6) is 0 Å². The van der Waals surface area contributed by atoms with Crippen LogP contribution < -0.4 is 10.6 Å². The minimum absolute atomic E-state index is 0.134. The number of carbonyl (C=O) groups excluding carboxylic acids is 3. The number of nitrogens with one attached hydrogen (secondary N) is 2. The van der Waals surface area contributed by atoms with Crippen molar-refractivity contribution in [1.29, 1.82) is 0 Å². The number of carbonyl (C=O) groups is 3. The number of hydrogen-bond acceptors (Lipinski definition) is 4. The van der Waals surface area contributed by atoms with Crippen LogP contribution in [0, 0.1) is 6.92 Å². The van der Waals surface area contributed by atoms with Crippen LogP contribution in [0.25, 0.3) is 0 Å². The number of benzene rings is 2. The van der Waals surface area contributed by atoms with Gasteiger partial charge in [-0.2, -0.15) is 0 Å². The molecule has 0 aliphatic heterocycles. The van der Waals surface area contributed by atoms with Crippen LogP contribution >= 0.6 is 23.4 Å². The first-order valence-electron chi connectivity index (χ1n) is 8.97. The Morgan fingerprint density at radius 2 is 1.72 bits per heavy atom. The zero-order valence-electron chi connectivity index (χ0n) is 16.8. The largest absolute Gasteiger partial charge is 0.345 e. The van der Waals surface area contributed by atoms with Crippen LogP contribution in [-0.4, -0.2) is 47.7 Å². The second-order valence-electron chi connectivity index (χ2n) is 6.75. The molecule has 2 aromatic carbocycles. The van der Waals surface area contributed by atoms with Crippen LogP contribution in [0.2, 0.25) is 5.02 Å². The molecule has 0 heterocycles. The first kappa shape index (κ1) is 22.8. The Morgan fingerprint density at radius 3 is 2.34 bits per heavy atom. The molecule has 0 spiro atoms. The van der Waals surface area contributed by atoms with E-state index >= 15 is 0 Å². The van der Waals surface area contributed by atoms with Gasteiger partial charge in [-0.25, -0.2) is 0 Å². The molecule has 0 saturated carbocycles. The number of amides is 3. The Balaban J connectivity index is 1.91. The van der Waals surface area contributed by atoms with Gasteiger partial charge in [0.25, 0.3) is 5.91 Å². The summed E-state index contributed by atoms with van der Waals surface area (Å²) < 4.78 is 0. The quantitative estimate of drug-likeness (QED) is 0.690. The first-order valence-corrected chi connectivity index (χ1v) is 10.4. The van der Waals surface area contributed by atoms with Crippen molar-refractivity contribution in [3.63, 3.8) is 0 Å². The molecule has 0 bridgehead atoms. The third-order valence-corrected chi connectivity index (χ3v) is 5.52. The van der Waals surface area contributed by atoms with Gasteiger partial charge >= 0.3 is 0 Å². The molecular weight excluding hydrogens is 410 g/mol. The van der Waals surface area contributed by atoms with E-state index in [9.17, 15) is 14.4 Å². The molecule has 3 amide bonds. The van der Waals surface area contributed by atoms with Crippen molar-refractivity contribution in [2.24, 2.45) is 0 Å². The van der Waals surface area contributed by atoms with Crippen LogP contribution in [0.4, 0.5) is 11.4 Å². The van der Waals surface area contributed by atoms with Crippen molar-refractivity contribution in [3.8, 4) is 0 Å². The molecule has 0 radical (unpaired) electrons. The van der Waals surface area contributed by atoms with E-state index in [-0.39, 0.29) is 23.5 Å². The van der Waals surface area contributed by atoms with Crippen LogP contribution in [-0.2, 0) is 9.59 Å². The Bertz CT molecular complexity index is 901. The maximum absolute atomic E-state index is 12.5. The van der Waals surface area contributed by atoms with Crippen molar-refractivity contribution in [1.82, 2.24) is 4.90 Å². The average Bonchev–Trinajstić information content (AvgIpc) is 2.68. The Labute approximate surface area is 180 Å². The smallest absolute Gasteiger partial charge is 0.253 e. The molecule has 2 aromatic rings. The van der Waals surface area contributed by atoms with Gasteiger partial charge in [-0.05, 0) is 44.2 Å². The van der Waals surface area contributed by atoms with Crippen molar-refractivity contribution < 1.29 is 14.4 Å². The van der Waals surface area contributed by atoms with E-state index in [4.69, 9.17) is 11.6 Å². The molecule has 0 aromatic heterocycles. The molecule has 2 N–H and O–H groups in total. The number of aryl methyl sites for hydroxylation is 1. The minimum Gasteiger partial charge on any atom is -0.345 e. The SMILES string of the molecule is Cc1ccc(NC(=O)CSC(C)C(=O)Nc2cc(C(=O)N(C)C)ccc2Cl)cc1. The minimum atomic E-state index is -0.483. The molecule has 0 aliphatic rings. The normalized spacial score (nSPS) is 11.5. The Kier molecular flexibility index (Phi) is 8.10. The third-order valence-electron chi connectivity index (χ3n) is 4.05. The van der Waals surface area contributed by atoms with E-state index in [2.05, 4.69) is 10.6 Å². The lowest BCUT2D eigenvalue weighted by Crippen LogP contribution is -2.26. The summed E-state index contributed by atoms with van der Waals surface area (Å²) in [5.41, 5.74) is 2.61. The van der Waals surface area contributed by atoms with Gasteiger partial charge in [0.2, 0.25) is 11.8 Å². The Hall–Kier alpha value is -2.51. The highest BCUT2D eigenvalue weighted by molar-refractivity contribution is 8.01. The number of rotatable bonds is 7. The lowest BCUT2D eigenvalue weighted by Gasteiger charge is -2.15. The number of nitrogens with zero attached hydrogens (tertiary/aromatic N) is 1. The van der Waals surface area contributed by atoms with E-state index < -0.39 is 5.25 Å². The third kappa shape index (κ3) is 6.80. The van der Waals surface area contributed by atoms with Crippen molar-refractivity contribution in [3.05, 3.63) is 58.6 Å². The zero-order valence-corrected chi connectivity index (χ0v) is 18.4. The summed E-state index contributed by atoms with van der Waals surface area (Å²) in [6, 6.07) is 12.2. The van der Waals surface area contributed by atoms with Gasteiger partial charge in [0.1, 0.15) is 0 Å². The predicted octanol–water partition coefficient (Wildman–Crippen LogP) is 4.05. The summed E-state index contributed by atoms with van der Waals surface area (Å²) in [4.78, 5) is 38.1. The molecule has 2 rings (SSSR count). The number of thioether (sulfide) groups is 1. The predicted molar refractivity (Wildman–Crippen MR) is 120 cm³/mol. The molecule has 0 fully saturated rings. The van der Waals surface area contributed by atoms with Crippen molar-refractivity contribution >= 4 is 52.5 Å². The molecule has 1 atom stereocenters. The summed E-state index contributed by atoms with van der Waals surface area (Å²) in [6.07, 6.45) is 0. The second-order valence-corrected chi connectivity index (χ2v) is 8.49. The Morgan fingerprint density at radius 1 is 1.07 bits per heavy atom. The van der Waals surface area contributed by atoms with Gasteiger partial charge < -0.3 is 15.5 Å². The topological polar surface area (TPSA) is 78.5 Å². The number of anilines is 2. The summed E-state index contributed by atoms with van der Waals surface area (Å²) in [7, 11) is 3.30. The average molecular weight is 434 g/mol. The summed E-state index contributed by atoms with van der Waals surface area (Å²) in [5.74, 6) is -0.535. The van der Waals surface area contributed by atoms with Crippen LogP contribution in [0.1, 0.15) is 22.8 Å². The summed E-state index contributed by atoms with van der Waals surface area (Å²) in [5, 5.41) is 5.38. The monoisotopic (exact) mass is 433 g/mol. The van der Waals surface area contributed by atoms with E-state index in [1.807, 2.05) is 31.2 Å². The van der Waals surface area contributed by atoms with Gasteiger partial charge in [-0.3, -0.25) is 14.4 Å². The maximum atomic E-state index is 12.5. The fraction of sp³-hybridized carbons (Fsp3) is 0.286. The lowest BCUT2D eigenvalue weighted by atomic mass is 10.1. The standard InChI is InChI=1S/C21H24ClN3O3S/c1-13-5-8-16(9-6-13)23-19(26)12-29-14(2)20(27)24-18-11-15(7-10-17(18)22)21(28)25(3)4/h5-11,14H,12H2,1-4H3,(H,23,26)(H,24,27). The van der Waals surface area contributed by atoms with Gasteiger partial charge in [0, 0.05) is 25.3 Å². The molecule has 1 unspecified atom stereocenters. The first-order chi connectivity index (χ1) is 13.7. The number of hydrogen-bond donors (Lipinski definition) is 2. The van der Waals surface area contributed by atoms with Crippen LogP contribution in [0.3, 0.4) is 0 Å². The zero-order chi connectivity index (χ0) is 21.6. The molecule has 29 heavy (non-hydrogen) atoms. The van der Waals surface area contributed by atoms with Crippen LogP contribution in [0.15, 0.2) is 42.5 Å². The highest BCUT2D eigenvalue weighted by Crippen LogP contribution is 2.25. The summed E-state index contributed by atoms with van der Waals surface area (Å²) in [6.45, 7) is 3.68. The van der Waals surface area contributed by atoms with Crippen molar-refractivity contribution in [2.75, 3.05) is 30.5 Å². The van der Waals surface area contributed by atoms with Gasteiger partial charge in [0.05, 0.1) is 21.7 Å². The van der Waals surface area contributed by atoms with Crippen molar-refractivity contribution in [2.45, 2.75) is 19.1 Å². The van der Waals surface area contributed by atoms with E-state index in [1.54, 1.807) is 39.2 Å².